The molecule has 2 nitrogen and oxygen atoms in total. The highest BCUT2D eigenvalue weighted by atomic mass is 16.5. The summed E-state index contributed by atoms with van der Waals surface area (Å²) in [5, 5.41) is 3.61. The third-order valence-electron chi connectivity index (χ3n) is 3.60. The van der Waals surface area contributed by atoms with Crippen molar-refractivity contribution in [3.8, 4) is 0 Å². The van der Waals surface area contributed by atoms with Crippen LogP contribution in [-0.2, 0) is 4.74 Å². The Morgan fingerprint density at radius 1 is 1.16 bits per heavy atom. The zero-order chi connectivity index (χ0) is 14.3. The molecule has 1 N–H and O–H groups in total. The van der Waals surface area contributed by atoms with E-state index >= 15 is 0 Å². The quantitative estimate of drug-likeness (QED) is 0.754. The van der Waals surface area contributed by atoms with Gasteiger partial charge in [-0.1, -0.05) is 44.2 Å². The molecule has 2 unspecified atom stereocenters. The molecule has 108 valence electrons. The fourth-order valence-corrected chi connectivity index (χ4v) is 2.17. The lowest BCUT2D eigenvalue weighted by Gasteiger charge is -2.33. The van der Waals surface area contributed by atoms with Crippen LogP contribution in [0.25, 0.3) is 0 Å². The Bertz CT molecular complexity index is 348. The van der Waals surface area contributed by atoms with Gasteiger partial charge in [0.15, 0.2) is 0 Å². The summed E-state index contributed by atoms with van der Waals surface area (Å²) < 4.78 is 6.24. The van der Waals surface area contributed by atoms with E-state index in [0.29, 0.717) is 0 Å². The highest BCUT2D eigenvalue weighted by Crippen LogP contribution is 2.25. The normalized spacial score (nSPS) is 15.2. The first-order chi connectivity index (χ1) is 9.00. The Morgan fingerprint density at radius 3 is 2.32 bits per heavy atom. The van der Waals surface area contributed by atoms with E-state index in [0.717, 1.165) is 19.4 Å². The molecule has 0 saturated heterocycles. The van der Waals surface area contributed by atoms with Gasteiger partial charge in [0, 0.05) is 0 Å². The molecule has 0 aromatic heterocycles. The van der Waals surface area contributed by atoms with Crippen molar-refractivity contribution in [1.82, 2.24) is 5.32 Å². The van der Waals surface area contributed by atoms with Crippen LogP contribution < -0.4 is 5.32 Å². The minimum atomic E-state index is -0.0691. The van der Waals surface area contributed by atoms with Crippen molar-refractivity contribution < 1.29 is 4.74 Å². The van der Waals surface area contributed by atoms with Crippen molar-refractivity contribution in [1.29, 1.82) is 0 Å². The van der Waals surface area contributed by atoms with Crippen LogP contribution >= 0.6 is 0 Å². The fourth-order valence-electron chi connectivity index (χ4n) is 2.17. The van der Waals surface area contributed by atoms with Gasteiger partial charge in [0.05, 0.1) is 17.7 Å². The van der Waals surface area contributed by atoms with Gasteiger partial charge in [-0.15, -0.1) is 0 Å². The van der Waals surface area contributed by atoms with E-state index in [1.807, 2.05) is 0 Å². The average molecular weight is 263 g/mol. The molecule has 0 heterocycles. The minimum Gasteiger partial charge on any atom is -0.371 e. The van der Waals surface area contributed by atoms with E-state index in [1.54, 1.807) is 0 Å². The van der Waals surface area contributed by atoms with Crippen LogP contribution in [0.4, 0.5) is 0 Å². The summed E-state index contributed by atoms with van der Waals surface area (Å²) in [7, 11) is 0. The molecule has 0 amide bonds. The van der Waals surface area contributed by atoms with Gasteiger partial charge in [0.1, 0.15) is 0 Å². The zero-order valence-corrected chi connectivity index (χ0v) is 13.1. The van der Waals surface area contributed by atoms with Crippen LogP contribution in [0.1, 0.15) is 59.1 Å². The molecule has 1 rings (SSSR count). The monoisotopic (exact) mass is 263 g/mol. The minimum absolute atomic E-state index is 0.0691. The van der Waals surface area contributed by atoms with Gasteiger partial charge in [-0.3, -0.25) is 0 Å². The van der Waals surface area contributed by atoms with Gasteiger partial charge in [-0.2, -0.15) is 0 Å². The Labute approximate surface area is 118 Å². The molecule has 1 aromatic rings. The number of ether oxygens (including phenoxy) is 1. The molecule has 1 aromatic carbocycles. The van der Waals surface area contributed by atoms with Crippen LogP contribution in [0.15, 0.2) is 30.3 Å². The lowest BCUT2D eigenvalue weighted by molar-refractivity contribution is -0.0799. The highest BCUT2D eigenvalue weighted by Gasteiger charge is 2.25. The van der Waals surface area contributed by atoms with Crippen molar-refractivity contribution >= 4 is 0 Å². The second-order valence-electron chi connectivity index (χ2n) is 5.78. The van der Waals surface area contributed by atoms with Crippen molar-refractivity contribution in [3.63, 3.8) is 0 Å². The number of rotatable bonds is 8. The van der Waals surface area contributed by atoms with Gasteiger partial charge < -0.3 is 10.1 Å². The third-order valence-corrected chi connectivity index (χ3v) is 3.60. The number of nitrogens with one attached hydrogen (secondary N) is 1. The Kier molecular flexibility index (Phi) is 6.53. The zero-order valence-electron chi connectivity index (χ0n) is 13.1. The maximum absolute atomic E-state index is 6.24. The largest absolute Gasteiger partial charge is 0.371 e. The topological polar surface area (TPSA) is 21.3 Å². The summed E-state index contributed by atoms with van der Waals surface area (Å²) in [6, 6.07) is 10.8. The van der Waals surface area contributed by atoms with E-state index < -0.39 is 0 Å². The number of benzene rings is 1. The van der Waals surface area contributed by atoms with Crippen LogP contribution in [0, 0.1) is 0 Å². The first-order valence-electron chi connectivity index (χ1n) is 7.46. The van der Waals surface area contributed by atoms with Crippen molar-refractivity contribution in [3.05, 3.63) is 35.9 Å². The summed E-state index contributed by atoms with van der Waals surface area (Å²) in [5.74, 6) is 0. The molecule has 0 saturated carbocycles. The van der Waals surface area contributed by atoms with E-state index in [4.69, 9.17) is 4.74 Å². The van der Waals surface area contributed by atoms with Crippen LogP contribution in [0.5, 0.6) is 0 Å². The van der Waals surface area contributed by atoms with Crippen molar-refractivity contribution in [2.24, 2.45) is 0 Å². The third kappa shape index (κ3) is 5.33. The van der Waals surface area contributed by atoms with E-state index in [9.17, 15) is 0 Å². The van der Waals surface area contributed by atoms with Crippen LogP contribution in [0.2, 0.25) is 0 Å². The molecular weight excluding hydrogens is 234 g/mol. The molecule has 0 aliphatic carbocycles. The maximum atomic E-state index is 6.24. The van der Waals surface area contributed by atoms with Gasteiger partial charge in [-0.25, -0.2) is 0 Å². The van der Waals surface area contributed by atoms with Gasteiger partial charge in [0.25, 0.3) is 0 Å². The Hall–Kier alpha value is -0.860. The summed E-state index contributed by atoms with van der Waals surface area (Å²) in [6.45, 7) is 11.9. The summed E-state index contributed by atoms with van der Waals surface area (Å²) in [6.07, 6.45) is 2.31. The molecule has 0 radical (unpaired) electrons. The first kappa shape index (κ1) is 16.2. The van der Waals surface area contributed by atoms with E-state index in [-0.39, 0.29) is 17.7 Å². The maximum Gasteiger partial charge on any atom is 0.0748 e. The predicted octanol–water partition coefficient (Wildman–Crippen LogP) is 4.32. The molecule has 0 aliphatic heterocycles. The molecule has 0 spiro atoms. The van der Waals surface area contributed by atoms with Crippen molar-refractivity contribution in [2.45, 2.75) is 65.2 Å². The molecule has 0 aliphatic rings. The van der Waals surface area contributed by atoms with Gasteiger partial charge in [0.2, 0.25) is 0 Å². The molecule has 2 atom stereocenters. The van der Waals surface area contributed by atoms with E-state index in [1.165, 1.54) is 5.56 Å². The SMILES string of the molecule is CCCNC(c1ccccc1)C(C)OC(C)(C)CC. The predicted molar refractivity (Wildman–Crippen MR) is 82.4 cm³/mol. The smallest absolute Gasteiger partial charge is 0.0748 e. The van der Waals surface area contributed by atoms with Gasteiger partial charge >= 0.3 is 0 Å². The van der Waals surface area contributed by atoms with Crippen molar-refractivity contribution in [2.75, 3.05) is 6.54 Å². The number of hydrogen-bond donors (Lipinski definition) is 1. The second-order valence-corrected chi connectivity index (χ2v) is 5.78. The highest BCUT2D eigenvalue weighted by molar-refractivity contribution is 5.20. The fraction of sp³-hybridized carbons (Fsp3) is 0.647. The Balaban J connectivity index is 2.79. The average Bonchev–Trinajstić information content (AvgIpc) is 2.40. The standard InChI is InChI=1S/C17H29NO/c1-6-13-18-16(15-11-9-8-10-12-15)14(3)19-17(4,5)7-2/h8-12,14,16,18H,6-7,13H2,1-5H3. The lowest BCUT2D eigenvalue weighted by Crippen LogP contribution is -2.38. The molecule has 0 bridgehead atoms. The Morgan fingerprint density at radius 2 is 1.79 bits per heavy atom. The summed E-state index contributed by atoms with van der Waals surface area (Å²) in [5.41, 5.74) is 1.23. The first-order valence-corrected chi connectivity index (χ1v) is 7.46. The summed E-state index contributed by atoms with van der Waals surface area (Å²) >= 11 is 0. The molecule has 2 heteroatoms. The molecule has 19 heavy (non-hydrogen) atoms. The summed E-state index contributed by atoms with van der Waals surface area (Å²) in [4.78, 5) is 0. The van der Waals surface area contributed by atoms with Gasteiger partial charge in [-0.05, 0) is 45.7 Å². The number of hydrogen-bond acceptors (Lipinski definition) is 2. The van der Waals surface area contributed by atoms with E-state index in [2.05, 4.69) is 70.3 Å². The second kappa shape index (κ2) is 7.66. The van der Waals surface area contributed by atoms with Crippen LogP contribution in [-0.4, -0.2) is 18.2 Å². The lowest BCUT2D eigenvalue weighted by atomic mass is 10.00. The van der Waals surface area contributed by atoms with Crippen LogP contribution in [0.3, 0.4) is 0 Å². The molecular formula is C17H29NO. The molecule has 0 fully saturated rings.